The van der Waals surface area contributed by atoms with Crippen LogP contribution in [-0.2, 0) is 14.3 Å². The molecule has 1 rings (SSSR count). The highest BCUT2D eigenvalue weighted by molar-refractivity contribution is 5.80. The second-order valence-electron chi connectivity index (χ2n) is 21.4. The van der Waals surface area contributed by atoms with Gasteiger partial charge in [-0.2, -0.15) is 0 Å². The molecule has 9 unspecified atom stereocenters. The number of carbonyl (C=O) groups is 1. The van der Waals surface area contributed by atoms with Crippen LogP contribution in [0.3, 0.4) is 0 Å². The number of hydrogen-bond donors (Lipinski definition) is 8. The Morgan fingerprint density at radius 2 is 0.847 bits per heavy atom. The first-order valence-corrected chi connectivity index (χ1v) is 30.4. The SMILES string of the molecule is CCCC/C=C/CC/C=C/CCCC(O)C(O)C(COC1OC(CO)C(O)C(O)C1O)NC(=O)C(O)CCCCCCCCCCCCCCCCCC/C=C\CCCCCCCCCCCCCCCC. The molecule has 1 heterocycles. The third-order valence-corrected chi connectivity index (χ3v) is 14.6. The standard InChI is InChI=1S/C61H115NO10/c1-3-5-7-9-11-13-15-16-17-18-19-20-21-22-23-24-25-26-27-28-29-30-31-32-33-34-35-36-37-39-41-43-45-47-49-54(65)60(70)62-52(51-71-61-59(69)58(68)57(67)55(50-63)72-61)56(66)53(64)48-46-44-42-40-38-14-12-10-8-6-4-2/h10,12,24-25,40,42,52-59,61,63-69H,3-9,11,13-23,26-39,41,43-51H2,1-2H3,(H,62,70)/b12-10+,25-24-,42-40+. The first-order chi connectivity index (χ1) is 35.2. The smallest absolute Gasteiger partial charge is 0.249 e. The zero-order chi connectivity index (χ0) is 52.5. The molecule has 11 heteroatoms. The molecular weight excluding hydrogens is 907 g/mol. The molecule has 1 aliphatic heterocycles. The minimum Gasteiger partial charge on any atom is -0.394 e. The molecule has 0 aromatic heterocycles. The number of allylic oxidation sites excluding steroid dienone is 6. The predicted molar refractivity (Wildman–Crippen MR) is 298 cm³/mol. The van der Waals surface area contributed by atoms with Crippen LogP contribution in [0.4, 0.5) is 0 Å². The van der Waals surface area contributed by atoms with Crippen molar-refractivity contribution in [1.82, 2.24) is 5.32 Å². The molecule has 0 spiro atoms. The van der Waals surface area contributed by atoms with E-state index >= 15 is 0 Å². The third-order valence-electron chi connectivity index (χ3n) is 14.6. The lowest BCUT2D eigenvalue weighted by Gasteiger charge is -2.40. The Hall–Kier alpha value is -1.67. The van der Waals surface area contributed by atoms with Crippen LogP contribution < -0.4 is 5.32 Å². The van der Waals surface area contributed by atoms with Crippen LogP contribution in [0.15, 0.2) is 36.5 Å². The van der Waals surface area contributed by atoms with E-state index in [1.165, 1.54) is 193 Å². The van der Waals surface area contributed by atoms with Crippen LogP contribution in [0.2, 0.25) is 0 Å². The Bertz CT molecular complexity index is 1260. The molecule has 424 valence electrons. The fourth-order valence-corrected chi connectivity index (χ4v) is 9.68. The van der Waals surface area contributed by atoms with Gasteiger partial charge in [-0.05, 0) is 70.6 Å². The van der Waals surface area contributed by atoms with Crippen LogP contribution in [0.1, 0.15) is 277 Å². The first kappa shape index (κ1) is 68.3. The summed E-state index contributed by atoms with van der Waals surface area (Å²) in [6.45, 7) is 3.39. The maximum absolute atomic E-state index is 13.1. The number of aliphatic hydroxyl groups is 7. The summed E-state index contributed by atoms with van der Waals surface area (Å²) >= 11 is 0. The highest BCUT2D eigenvalue weighted by atomic mass is 16.7. The van der Waals surface area contributed by atoms with Gasteiger partial charge in [-0.15, -0.1) is 0 Å². The molecule has 0 bridgehead atoms. The van der Waals surface area contributed by atoms with Crippen molar-refractivity contribution in [1.29, 1.82) is 0 Å². The van der Waals surface area contributed by atoms with Gasteiger partial charge in [0.1, 0.15) is 36.6 Å². The molecule has 1 amide bonds. The molecule has 0 aromatic carbocycles. The maximum Gasteiger partial charge on any atom is 0.249 e. The number of rotatable bonds is 52. The summed E-state index contributed by atoms with van der Waals surface area (Å²) in [5.74, 6) is -0.709. The molecule has 1 aliphatic rings. The molecule has 0 aliphatic carbocycles. The van der Waals surface area contributed by atoms with Crippen LogP contribution in [0.5, 0.6) is 0 Å². The molecule has 1 saturated heterocycles. The van der Waals surface area contributed by atoms with E-state index in [-0.39, 0.29) is 12.8 Å². The summed E-state index contributed by atoms with van der Waals surface area (Å²) < 4.78 is 11.1. The van der Waals surface area contributed by atoms with E-state index in [1.54, 1.807) is 0 Å². The normalized spacial score (nSPS) is 20.3. The van der Waals surface area contributed by atoms with Crippen molar-refractivity contribution in [2.45, 2.75) is 332 Å². The molecule has 0 saturated carbocycles. The van der Waals surface area contributed by atoms with Gasteiger partial charge in [0.15, 0.2) is 6.29 Å². The average Bonchev–Trinajstić information content (AvgIpc) is 3.38. The predicted octanol–water partition coefficient (Wildman–Crippen LogP) is 13.1. The molecule has 0 aromatic rings. The van der Waals surface area contributed by atoms with Gasteiger partial charge in [-0.3, -0.25) is 4.79 Å². The molecule has 11 nitrogen and oxygen atoms in total. The summed E-state index contributed by atoms with van der Waals surface area (Å²) in [6, 6.07) is -1.19. The van der Waals surface area contributed by atoms with Crippen molar-refractivity contribution >= 4 is 5.91 Å². The van der Waals surface area contributed by atoms with Gasteiger partial charge in [0.2, 0.25) is 5.91 Å². The van der Waals surface area contributed by atoms with E-state index in [9.17, 15) is 40.5 Å². The van der Waals surface area contributed by atoms with Gasteiger partial charge in [0.05, 0.1) is 25.4 Å². The monoisotopic (exact) mass is 1020 g/mol. The number of amides is 1. The Morgan fingerprint density at radius 1 is 0.472 bits per heavy atom. The second kappa shape index (κ2) is 50.2. The second-order valence-corrected chi connectivity index (χ2v) is 21.4. The maximum atomic E-state index is 13.1. The summed E-state index contributed by atoms with van der Waals surface area (Å²) in [5.41, 5.74) is 0. The van der Waals surface area contributed by atoms with Gasteiger partial charge < -0.3 is 50.5 Å². The van der Waals surface area contributed by atoms with Crippen LogP contribution in [0.25, 0.3) is 0 Å². The van der Waals surface area contributed by atoms with Crippen molar-refractivity contribution in [3.05, 3.63) is 36.5 Å². The van der Waals surface area contributed by atoms with E-state index in [4.69, 9.17) is 9.47 Å². The van der Waals surface area contributed by atoms with Gasteiger partial charge >= 0.3 is 0 Å². The Kier molecular flexibility index (Phi) is 47.6. The minimum atomic E-state index is -1.67. The fourth-order valence-electron chi connectivity index (χ4n) is 9.68. The van der Waals surface area contributed by atoms with Crippen molar-refractivity contribution in [3.8, 4) is 0 Å². The Labute approximate surface area is 441 Å². The average molecular weight is 1020 g/mol. The Balaban J connectivity index is 2.15. The zero-order valence-electron chi connectivity index (χ0n) is 46.4. The Morgan fingerprint density at radius 3 is 1.28 bits per heavy atom. The summed E-state index contributed by atoms with van der Waals surface area (Å²) in [4.78, 5) is 13.1. The van der Waals surface area contributed by atoms with Crippen molar-refractivity contribution in [2.75, 3.05) is 13.2 Å². The summed E-state index contributed by atoms with van der Waals surface area (Å²) in [5, 5.41) is 75.9. The highest BCUT2D eigenvalue weighted by Gasteiger charge is 2.44. The van der Waals surface area contributed by atoms with E-state index in [0.717, 1.165) is 38.5 Å². The van der Waals surface area contributed by atoms with E-state index in [1.807, 2.05) is 0 Å². The summed E-state index contributed by atoms with van der Waals surface area (Å²) in [6.07, 6.45) is 51.1. The number of hydrogen-bond acceptors (Lipinski definition) is 10. The topological polar surface area (TPSA) is 189 Å². The highest BCUT2D eigenvalue weighted by Crippen LogP contribution is 2.23. The van der Waals surface area contributed by atoms with Gasteiger partial charge in [0.25, 0.3) is 0 Å². The van der Waals surface area contributed by atoms with E-state index in [2.05, 4.69) is 55.6 Å². The lowest BCUT2D eigenvalue weighted by atomic mass is 9.98. The lowest BCUT2D eigenvalue weighted by molar-refractivity contribution is -0.303. The number of aliphatic hydroxyl groups excluding tert-OH is 7. The van der Waals surface area contributed by atoms with E-state index < -0.39 is 74.2 Å². The third kappa shape index (κ3) is 38.0. The van der Waals surface area contributed by atoms with Crippen LogP contribution in [-0.4, -0.2) is 110 Å². The van der Waals surface area contributed by atoms with Crippen molar-refractivity contribution < 1.29 is 50.0 Å². The molecule has 8 N–H and O–H groups in total. The number of nitrogens with one attached hydrogen (secondary N) is 1. The number of carbonyl (C=O) groups excluding carboxylic acids is 1. The quantitative estimate of drug-likeness (QED) is 0.0215. The zero-order valence-corrected chi connectivity index (χ0v) is 46.4. The molecule has 0 radical (unpaired) electrons. The van der Waals surface area contributed by atoms with E-state index in [0.29, 0.717) is 19.3 Å². The molecule has 9 atom stereocenters. The minimum absolute atomic E-state index is 0.246. The van der Waals surface area contributed by atoms with Gasteiger partial charge in [-0.1, -0.05) is 243 Å². The van der Waals surface area contributed by atoms with Crippen LogP contribution in [0, 0.1) is 0 Å². The number of ether oxygens (including phenoxy) is 2. The van der Waals surface area contributed by atoms with Crippen LogP contribution >= 0.6 is 0 Å². The van der Waals surface area contributed by atoms with Gasteiger partial charge in [-0.25, -0.2) is 0 Å². The largest absolute Gasteiger partial charge is 0.394 e. The molecule has 72 heavy (non-hydrogen) atoms. The lowest BCUT2D eigenvalue weighted by Crippen LogP contribution is -2.60. The number of unbranched alkanes of at least 4 members (excludes halogenated alkanes) is 34. The van der Waals surface area contributed by atoms with Crippen molar-refractivity contribution in [2.24, 2.45) is 0 Å². The van der Waals surface area contributed by atoms with Crippen molar-refractivity contribution in [3.63, 3.8) is 0 Å². The van der Waals surface area contributed by atoms with Gasteiger partial charge in [0, 0.05) is 0 Å². The fraction of sp³-hybridized carbons (Fsp3) is 0.885. The first-order valence-electron chi connectivity index (χ1n) is 30.4. The summed E-state index contributed by atoms with van der Waals surface area (Å²) in [7, 11) is 0. The molecule has 1 fully saturated rings. The molecular formula is C61H115NO10.